The van der Waals surface area contributed by atoms with E-state index in [1.807, 2.05) is 6.92 Å². The summed E-state index contributed by atoms with van der Waals surface area (Å²) < 4.78 is 0. The van der Waals surface area contributed by atoms with Crippen molar-refractivity contribution in [2.24, 2.45) is 17.8 Å². The van der Waals surface area contributed by atoms with Gasteiger partial charge in [0, 0.05) is 0 Å². The molecule has 0 aliphatic rings. The van der Waals surface area contributed by atoms with E-state index in [4.69, 9.17) is 0 Å². The van der Waals surface area contributed by atoms with Crippen molar-refractivity contribution in [3.05, 3.63) is 0 Å². The highest BCUT2D eigenvalue weighted by Gasteiger charge is 2.09. The fraction of sp³-hybridized carbons (Fsp3) is 1.00. The van der Waals surface area contributed by atoms with E-state index in [2.05, 4.69) is 27.7 Å². The van der Waals surface area contributed by atoms with Gasteiger partial charge in [0.1, 0.15) is 0 Å². The molecule has 0 spiro atoms. The minimum Gasteiger partial charge on any atom is -0.393 e. The molecule has 1 heteroatoms. The number of hydrogen-bond donors (Lipinski definition) is 1. The fourth-order valence-electron chi connectivity index (χ4n) is 2.19. The summed E-state index contributed by atoms with van der Waals surface area (Å²) in [5.41, 5.74) is 0. The third-order valence-corrected chi connectivity index (χ3v) is 4.27. The Labute approximate surface area is 109 Å². The van der Waals surface area contributed by atoms with Gasteiger partial charge >= 0.3 is 0 Å². The summed E-state index contributed by atoms with van der Waals surface area (Å²) in [6.45, 7) is 11.1. The normalized spacial score (nSPS) is 18.7. The molecule has 0 bridgehead atoms. The molecular formula is C16H34O. The van der Waals surface area contributed by atoms with Crippen molar-refractivity contribution in [1.29, 1.82) is 0 Å². The van der Waals surface area contributed by atoms with Crippen LogP contribution in [0.5, 0.6) is 0 Å². The van der Waals surface area contributed by atoms with Gasteiger partial charge in [-0.05, 0) is 31.1 Å². The van der Waals surface area contributed by atoms with Gasteiger partial charge in [-0.1, -0.05) is 66.2 Å². The maximum atomic E-state index is 9.42. The van der Waals surface area contributed by atoms with Crippen molar-refractivity contribution in [2.75, 3.05) is 0 Å². The predicted octanol–water partition coefficient (Wildman–Crippen LogP) is 5.03. The molecule has 0 amide bonds. The van der Waals surface area contributed by atoms with E-state index in [0.29, 0.717) is 5.92 Å². The minimum atomic E-state index is -0.143. The van der Waals surface area contributed by atoms with Crippen LogP contribution in [0.4, 0.5) is 0 Å². The SMILES string of the molecule is CCC(C)CCCC(C)CCC[C@H](C)[C@@H](C)O. The molecule has 0 heterocycles. The van der Waals surface area contributed by atoms with Crippen LogP contribution in [0.25, 0.3) is 0 Å². The molecule has 1 nitrogen and oxygen atoms in total. The average Bonchev–Trinajstić information content (AvgIpc) is 2.28. The molecule has 0 fully saturated rings. The van der Waals surface area contributed by atoms with E-state index in [1.165, 1.54) is 44.9 Å². The number of hydrogen-bond acceptors (Lipinski definition) is 1. The molecule has 2 unspecified atom stereocenters. The van der Waals surface area contributed by atoms with Crippen molar-refractivity contribution in [3.8, 4) is 0 Å². The maximum Gasteiger partial charge on any atom is 0.0537 e. The smallest absolute Gasteiger partial charge is 0.0537 e. The van der Waals surface area contributed by atoms with E-state index in [-0.39, 0.29) is 6.10 Å². The molecule has 1 N–H and O–H groups in total. The molecule has 0 aromatic carbocycles. The first-order chi connectivity index (χ1) is 7.97. The van der Waals surface area contributed by atoms with E-state index >= 15 is 0 Å². The van der Waals surface area contributed by atoms with Gasteiger partial charge in [-0.2, -0.15) is 0 Å². The highest BCUT2D eigenvalue weighted by Crippen LogP contribution is 2.20. The zero-order valence-corrected chi connectivity index (χ0v) is 12.7. The van der Waals surface area contributed by atoms with Crippen LogP contribution in [0.3, 0.4) is 0 Å². The lowest BCUT2D eigenvalue weighted by molar-refractivity contribution is 0.127. The van der Waals surface area contributed by atoms with Crippen LogP contribution in [0.1, 0.15) is 79.6 Å². The zero-order chi connectivity index (χ0) is 13.3. The molecule has 0 rings (SSSR count). The van der Waals surface area contributed by atoms with Crippen LogP contribution in [0, 0.1) is 17.8 Å². The van der Waals surface area contributed by atoms with Gasteiger partial charge in [-0.25, -0.2) is 0 Å². The van der Waals surface area contributed by atoms with Gasteiger partial charge in [0.15, 0.2) is 0 Å². The highest BCUT2D eigenvalue weighted by atomic mass is 16.3. The minimum absolute atomic E-state index is 0.143. The standard InChI is InChI=1S/C16H34O/c1-6-13(2)9-7-10-14(3)11-8-12-15(4)16(5)17/h13-17H,6-12H2,1-5H3/t13?,14?,15-,16+/m0/s1. The Morgan fingerprint density at radius 3 is 1.71 bits per heavy atom. The average molecular weight is 242 g/mol. The van der Waals surface area contributed by atoms with E-state index < -0.39 is 0 Å². The van der Waals surface area contributed by atoms with E-state index in [0.717, 1.165) is 11.8 Å². The molecule has 17 heavy (non-hydrogen) atoms. The second kappa shape index (κ2) is 9.94. The summed E-state index contributed by atoms with van der Waals surface area (Å²) >= 11 is 0. The van der Waals surface area contributed by atoms with Crippen LogP contribution in [0.15, 0.2) is 0 Å². The molecular weight excluding hydrogens is 208 g/mol. The first kappa shape index (κ1) is 17.0. The Kier molecular flexibility index (Phi) is 9.91. The number of aliphatic hydroxyl groups excluding tert-OH is 1. The van der Waals surface area contributed by atoms with E-state index in [9.17, 15) is 5.11 Å². The third-order valence-electron chi connectivity index (χ3n) is 4.27. The second-order valence-electron chi connectivity index (χ2n) is 6.20. The molecule has 0 saturated heterocycles. The van der Waals surface area contributed by atoms with Gasteiger partial charge in [0.05, 0.1) is 6.10 Å². The summed E-state index contributed by atoms with van der Waals surface area (Å²) in [6.07, 6.45) is 9.12. The second-order valence-corrected chi connectivity index (χ2v) is 6.20. The summed E-state index contributed by atoms with van der Waals surface area (Å²) in [4.78, 5) is 0. The Balaban J connectivity index is 3.43. The molecule has 0 aromatic heterocycles. The molecule has 4 atom stereocenters. The molecule has 104 valence electrons. The summed E-state index contributed by atoms with van der Waals surface area (Å²) in [5, 5.41) is 9.42. The van der Waals surface area contributed by atoms with Crippen LogP contribution < -0.4 is 0 Å². The molecule has 0 aromatic rings. The Hall–Kier alpha value is -0.0400. The predicted molar refractivity (Wildman–Crippen MR) is 77.2 cm³/mol. The lowest BCUT2D eigenvalue weighted by Gasteiger charge is -2.16. The molecule has 0 radical (unpaired) electrons. The van der Waals surface area contributed by atoms with Crippen LogP contribution >= 0.6 is 0 Å². The maximum absolute atomic E-state index is 9.42. The quantitative estimate of drug-likeness (QED) is 0.570. The lowest BCUT2D eigenvalue weighted by Crippen LogP contribution is -2.13. The Morgan fingerprint density at radius 1 is 0.765 bits per heavy atom. The highest BCUT2D eigenvalue weighted by molar-refractivity contribution is 4.62. The van der Waals surface area contributed by atoms with Crippen molar-refractivity contribution in [2.45, 2.75) is 85.7 Å². The van der Waals surface area contributed by atoms with Gasteiger partial charge in [-0.15, -0.1) is 0 Å². The first-order valence-corrected chi connectivity index (χ1v) is 7.65. The Morgan fingerprint density at radius 2 is 1.24 bits per heavy atom. The van der Waals surface area contributed by atoms with Crippen molar-refractivity contribution >= 4 is 0 Å². The third kappa shape index (κ3) is 9.64. The zero-order valence-electron chi connectivity index (χ0n) is 12.7. The summed E-state index contributed by atoms with van der Waals surface area (Å²) in [5.74, 6) is 2.22. The fourth-order valence-corrected chi connectivity index (χ4v) is 2.19. The van der Waals surface area contributed by atoms with Gasteiger partial charge in [0.25, 0.3) is 0 Å². The monoisotopic (exact) mass is 242 g/mol. The van der Waals surface area contributed by atoms with Crippen LogP contribution in [0.2, 0.25) is 0 Å². The summed E-state index contributed by atoms with van der Waals surface area (Å²) in [6, 6.07) is 0. The topological polar surface area (TPSA) is 20.2 Å². The number of aliphatic hydroxyl groups is 1. The summed E-state index contributed by atoms with van der Waals surface area (Å²) in [7, 11) is 0. The van der Waals surface area contributed by atoms with Crippen molar-refractivity contribution < 1.29 is 5.11 Å². The molecule has 0 saturated carbocycles. The van der Waals surface area contributed by atoms with Gasteiger partial charge in [-0.3, -0.25) is 0 Å². The molecule has 0 aliphatic heterocycles. The van der Waals surface area contributed by atoms with Gasteiger partial charge in [0.2, 0.25) is 0 Å². The van der Waals surface area contributed by atoms with Crippen molar-refractivity contribution in [3.63, 3.8) is 0 Å². The van der Waals surface area contributed by atoms with Crippen molar-refractivity contribution in [1.82, 2.24) is 0 Å². The van der Waals surface area contributed by atoms with Crippen LogP contribution in [-0.4, -0.2) is 11.2 Å². The lowest BCUT2D eigenvalue weighted by atomic mass is 9.91. The largest absolute Gasteiger partial charge is 0.393 e. The Bertz CT molecular complexity index is 165. The molecule has 0 aliphatic carbocycles. The van der Waals surface area contributed by atoms with Crippen LogP contribution in [-0.2, 0) is 0 Å². The van der Waals surface area contributed by atoms with Gasteiger partial charge < -0.3 is 5.11 Å². The van der Waals surface area contributed by atoms with E-state index in [1.54, 1.807) is 0 Å². The number of rotatable bonds is 10. The first-order valence-electron chi connectivity index (χ1n) is 7.65.